The lowest BCUT2D eigenvalue weighted by molar-refractivity contribution is -0.126. The van der Waals surface area contributed by atoms with Gasteiger partial charge in [-0.05, 0) is 54.7 Å². The number of carbonyl (C=O) groups excluding carboxylic acids is 2. The molecule has 138 valence electrons. The van der Waals surface area contributed by atoms with E-state index in [9.17, 15) is 19.8 Å². The molecule has 2 aromatic carbocycles. The molecule has 5 nitrogen and oxygen atoms in total. The summed E-state index contributed by atoms with van der Waals surface area (Å²) in [7, 11) is 1.47. The molecule has 0 amide bonds. The van der Waals surface area contributed by atoms with Crippen molar-refractivity contribution in [2.75, 3.05) is 7.11 Å². The summed E-state index contributed by atoms with van der Waals surface area (Å²) in [6.07, 6.45) is 1.48. The lowest BCUT2D eigenvalue weighted by Gasteiger charge is -2.07. The number of aromatic hydroxyl groups is 2. The Morgan fingerprint density at radius 1 is 0.885 bits per heavy atom. The van der Waals surface area contributed by atoms with E-state index in [1.165, 1.54) is 13.2 Å². The zero-order valence-corrected chi connectivity index (χ0v) is 15.1. The van der Waals surface area contributed by atoms with Crippen LogP contribution in [0.5, 0.6) is 17.2 Å². The molecule has 0 unspecified atom stereocenters. The normalized spacial score (nSPS) is 10.5. The van der Waals surface area contributed by atoms with Crippen molar-refractivity contribution in [3.05, 3.63) is 53.1 Å². The summed E-state index contributed by atoms with van der Waals surface area (Å²) in [5.74, 6) is 0.440. The quantitative estimate of drug-likeness (QED) is 0.672. The fraction of sp³-hybridized carbons (Fsp3) is 0.333. The van der Waals surface area contributed by atoms with E-state index < -0.39 is 0 Å². The van der Waals surface area contributed by atoms with Crippen LogP contribution >= 0.6 is 0 Å². The maximum atomic E-state index is 12.0. The van der Waals surface area contributed by atoms with E-state index in [2.05, 4.69) is 0 Å². The minimum atomic E-state index is -0.103. The summed E-state index contributed by atoms with van der Waals surface area (Å²) in [4.78, 5) is 24.0. The number of carbonyl (C=O) groups is 2. The molecule has 2 N–H and O–H groups in total. The van der Waals surface area contributed by atoms with Crippen molar-refractivity contribution in [2.45, 2.75) is 39.0 Å². The van der Waals surface area contributed by atoms with Gasteiger partial charge in [0.1, 0.15) is 17.3 Å². The summed E-state index contributed by atoms with van der Waals surface area (Å²) in [5, 5.41) is 19.2. The fourth-order valence-electron chi connectivity index (χ4n) is 2.65. The molecule has 0 aliphatic carbocycles. The molecule has 5 heteroatoms. The average molecular weight is 356 g/mol. The van der Waals surface area contributed by atoms with E-state index in [-0.39, 0.29) is 42.3 Å². The first-order valence-electron chi connectivity index (χ1n) is 8.57. The molecule has 2 rings (SSSR count). The number of methoxy groups -OCH3 is 1. The highest BCUT2D eigenvalue weighted by atomic mass is 16.5. The second-order valence-corrected chi connectivity index (χ2v) is 6.38. The lowest BCUT2D eigenvalue weighted by atomic mass is 10.0. The van der Waals surface area contributed by atoms with E-state index in [1.807, 2.05) is 19.1 Å². The second-order valence-electron chi connectivity index (χ2n) is 6.38. The van der Waals surface area contributed by atoms with Gasteiger partial charge in [0.2, 0.25) is 0 Å². The van der Waals surface area contributed by atoms with Crippen molar-refractivity contribution < 1.29 is 24.5 Å². The molecule has 0 saturated carbocycles. The number of hydrogen-bond donors (Lipinski definition) is 2. The number of ketones is 2. The third-order valence-corrected chi connectivity index (χ3v) is 4.30. The molecule has 0 atom stereocenters. The van der Waals surface area contributed by atoms with Crippen LogP contribution in [0.4, 0.5) is 0 Å². The highest BCUT2D eigenvalue weighted by molar-refractivity contribution is 5.99. The predicted octanol–water partition coefficient (Wildman–Crippen LogP) is 3.51. The molecular weight excluding hydrogens is 332 g/mol. The first-order chi connectivity index (χ1) is 12.4. The third kappa shape index (κ3) is 5.62. The smallest absolute Gasteiger partial charge is 0.160 e. The van der Waals surface area contributed by atoms with Gasteiger partial charge in [0.25, 0.3) is 0 Å². The molecule has 0 spiro atoms. The van der Waals surface area contributed by atoms with Crippen LogP contribution in [0.15, 0.2) is 36.4 Å². The Kier molecular flexibility index (Phi) is 6.78. The van der Waals surface area contributed by atoms with Crippen LogP contribution in [0.25, 0.3) is 0 Å². The van der Waals surface area contributed by atoms with Crippen LogP contribution in [-0.4, -0.2) is 28.9 Å². The molecule has 0 radical (unpaired) electrons. The molecule has 2 aromatic rings. The fourth-order valence-corrected chi connectivity index (χ4v) is 2.65. The SMILES string of the molecule is COc1cc(CCC(=O)CC(=O)CCc2ccc(C)c(O)c2)ccc1O. The summed E-state index contributed by atoms with van der Waals surface area (Å²) >= 11 is 0. The lowest BCUT2D eigenvalue weighted by Crippen LogP contribution is -2.09. The molecule has 0 fully saturated rings. The van der Waals surface area contributed by atoms with Gasteiger partial charge in [-0.25, -0.2) is 0 Å². The highest BCUT2D eigenvalue weighted by Crippen LogP contribution is 2.26. The van der Waals surface area contributed by atoms with Gasteiger partial charge >= 0.3 is 0 Å². The van der Waals surface area contributed by atoms with Crippen LogP contribution in [0, 0.1) is 6.92 Å². The van der Waals surface area contributed by atoms with Crippen molar-refractivity contribution in [1.29, 1.82) is 0 Å². The van der Waals surface area contributed by atoms with Crippen molar-refractivity contribution in [3.8, 4) is 17.2 Å². The maximum Gasteiger partial charge on any atom is 0.160 e. The summed E-state index contributed by atoms with van der Waals surface area (Å²) < 4.78 is 5.04. The predicted molar refractivity (Wildman–Crippen MR) is 98.8 cm³/mol. The minimum absolute atomic E-state index is 0.0555. The van der Waals surface area contributed by atoms with Crippen LogP contribution in [-0.2, 0) is 22.4 Å². The van der Waals surface area contributed by atoms with Crippen molar-refractivity contribution in [3.63, 3.8) is 0 Å². The van der Waals surface area contributed by atoms with Gasteiger partial charge in [-0.2, -0.15) is 0 Å². The molecule has 0 aliphatic heterocycles. The monoisotopic (exact) mass is 356 g/mol. The van der Waals surface area contributed by atoms with Gasteiger partial charge in [-0.3, -0.25) is 9.59 Å². The van der Waals surface area contributed by atoms with Crippen LogP contribution in [0.2, 0.25) is 0 Å². The van der Waals surface area contributed by atoms with Gasteiger partial charge in [-0.1, -0.05) is 18.2 Å². The summed E-state index contributed by atoms with van der Waals surface area (Å²) in [6.45, 7) is 1.81. The molecule has 26 heavy (non-hydrogen) atoms. The number of aryl methyl sites for hydroxylation is 3. The first-order valence-corrected chi connectivity index (χ1v) is 8.57. The number of ether oxygens (including phenoxy) is 1. The van der Waals surface area contributed by atoms with Gasteiger partial charge in [-0.15, -0.1) is 0 Å². The zero-order chi connectivity index (χ0) is 19.1. The molecule has 0 aliphatic rings. The average Bonchev–Trinajstić information content (AvgIpc) is 2.62. The Morgan fingerprint density at radius 2 is 1.46 bits per heavy atom. The van der Waals surface area contributed by atoms with E-state index in [0.717, 1.165) is 16.7 Å². The van der Waals surface area contributed by atoms with Crippen molar-refractivity contribution in [2.24, 2.45) is 0 Å². The second kappa shape index (κ2) is 9.04. The van der Waals surface area contributed by atoms with Gasteiger partial charge in [0.15, 0.2) is 11.5 Å². The van der Waals surface area contributed by atoms with Crippen LogP contribution in [0.3, 0.4) is 0 Å². The van der Waals surface area contributed by atoms with Gasteiger partial charge in [0.05, 0.1) is 13.5 Å². The molecular formula is C21H24O5. The minimum Gasteiger partial charge on any atom is -0.508 e. The Bertz CT molecular complexity index is 795. The van der Waals surface area contributed by atoms with Crippen LogP contribution in [0.1, 0.15) is 36.0 Å². The van der Waals surface area contributed by atoms with E-state index in [0.29, 0.717) is 18.6 Å². The standard InChI is InChI=1S/C21H24O5/c1-14-3-4-15(11-20(14)25)5-8-17(22)13-18(23)9-6-16-7-10-19(24)21(12-16)26-2/h3-4,7,10-12,24-25H,5-6,8-9,13H2,1-2H3. The molecule has 0 aromatic heterocycles. The van der Waals surface area contributed by atoms with Crippen molar-refractivity contribution in [1.82, 2.24) is 0 Å². The molecule has 0 heterocycles. The number of benzene rings is 2. The highest BCUT2D eigenvalue weighted by Gasteiger charge is 2.11. The number of phenols is 2. The zero-order valence-electron chi connectivity index (χ0n) is 15.1. The van der Waals surface area contributed by atoms with Gasteiger partial charge < -0.3 is 14.9 Å². The Labute approximate surface area is 153 Å². The molecule has 0 saturated heterocycles. The first kappa shape index (κ1) is 19.5. The number of hydrogen-bond acceptors (Lipinski definition) is 5. The Hall–Kier alpha value is -2.82. The molecule has 0 bridgehead atoms. The van der Waals surface area contributed by atoms with Crippen molar-refractivity contribution >= 4 is 11.6 Å². The third-order valence-electron chi connectivity index (χ3n) is 4.30. The Morgan fingerprint density at radius 3 is 2.04 bits per heavy atom. The van der Waals surface area contributed by atoms with E-state index in [4.69, 9.17) is 4.74 Å². The van der Waals surface area contributed by atoms with Crippen LogP contribution < -0.4 is 4.74 Å². The van der Waals surface area contributed by atoms with Gasteiger partial charge in [0, 0.05) is 12.8 Å². The number of Topliss-reactive ketones (excluding diaryl/α,β-unsaturated/α-hetero) is 2. The topological polar surface area (TPSA) is 83.8 Å². The maximum absolute atomic E-state index is 12.0. The van der Waals surface area contributed by atoms with E-state index in [1.54, 1.807) is 18.2 Å². The summed E-state index contributed by atoms with van der Waals surface area (Å²) in [5.41, 5.74) is 2.54. The van der Waals surface area contributed by atoms with E-state index >= 15 is 0 Å². The number of phenolic OH excluding ortho intramolecular Hbond substituents is 2. The summed E-state index contributed by atoms with van der Waals surface area (Å²) in [6, 6.07) is 10.3. The Balaban J connectivity index is 1.78. The largest absolute Gasteiger partial charge is 0.508 e. The number of rotatable bonds is 9.